The summed E-state index contributed by atoms with van der Waals surface area (Å²) >= 11 is 5.58. The van der Waals surface area contributed by atoms with E-state index in [2.05, 4.69) is 0 Å². The maximum Gasteiger partial charge on any atom is 0.333 e. The molecule has 0 saturated carbocycles. The Bertz CT molecular complexity index is 444. The van der Waals surface area contributed by atoms with Crippen LogP contribution in [-0.4, -0.2) is 8.42 Å². The maximum absolute atomic E-state index is 12.6. The number of aryl methyl sites for hydroxylation is 1. The topological polar surface area (TPSA) is 60.2 Å². The lowest BCUT2D eigenvalue weighted by Crippen LogP contribution is -1.97. The second-order valence-corrected chi connectivity index (χ2v) is 4.28. The van der Waals surface area contributed by atoms with Crippen LogP contribution in [0, 0.1) is 6.92 Å². The monoisotopic (exact) mass is 223 g/mol. The average molecular weight is 224 g/mol. The van der Waals surface area contributed by atoms with Crippen LogP contribution in [0.3, 0.4) is 0 Å². The average Bonchev–Trinajstić information content (AvgIpc) is 1.94. The fourth-order valence-corrected chi connectivity index (χ4v) is 1.98. The highest BCUT2D eigenvalue weighted by molar-refractivity contribution is 7.86. The molecule has 1 aromatic rings. The largest absolute Gasteiger partial charge is 0.399 e. The van der Waals surface area contributed by atoms with E-state index in [1.54, 1.807) is 6.92 Å². The highest BCUT2D eigenvalue weighted by Crippen LogP contribution is 2.28. The molecule has 6 heteroatoms. The Kier molecular flexibility index (Phi) is 2.49. The van der Waals surface area contributed by atoms with E-state index in [0.717, 1.165) is 6.07 Å². The summed E-state index contributed by atoms with van der Waals surface area (Å²) in [4.78, 5) is -0.577. The first-order chi connectivity index (χ1) is 5.82. The molecule has 72 valence electrons. The molecule has 0 aromatic heterocycles. The van der Waals surface area contributed by atoms with E-state index in [-0.39, 0.29) is 10.7 Å². The van der Waals surface area contributed by atoms with Crippen molar-refractivity contribution in [3.05, 3.63) is 22.7 Å². The molecule has 0 aliphatic heterocycles. The predicted molar refractivity (Wildman–Crippen MR) is 48.9 cm³/mol. The summed E-state index contributed by atoms with van der Waals surface area (Å²) in [6.07, 6.45) is 0. The third kappa shape index (κ3) is 2.10. The molecule has 0 saturated heterocycles. The number of hydrogen-bond donors (Lipinski definition) is 1. The molecule has 0 heterocycles. The summed E-state index contributed by atoms with van der Waals surface area (Å²) in [5.74, 6) is 0. The van der Waals surface area contributed by atoms with E-state index < -0.39 is 15.1 Å². The van der Waals surface area contributed by atoms with Gasteiger partial charge in [0.25, 0.3) is 0 Å². The number of nitrogens with two attached hydrogens (primary N) is 1. The molecule has 1 aromatic carbocycles. The van der Waals surface area contributed by atoms with E-state index >= 15 is 0 Å². The summed E-state index contributed by atoms with van der Waals surface area (Å²) in [7, 11) is -4.79. The maximum atomic E-state index is 12.6. The third-order valence-electron chi connectivity index (χ3n) is 1.51. The molecule has 0 aliphatic rings. The lowest BCUT2D eigenvalue weighted by molar-refractivity contribution is 0.552. The molecule has 0 amide bonds. The van der Waals surface area contributed by atoms with Gasteiger partial charge in [-0.25, -0.2) is 0 Å². The van der Waals surface area contributed by atoms with Crippen molar-refractivity contribution in [2.75, 3.05) is 5.73 Å². The van der Waals surface area contributed by atoms with Crippen LogP contribution in [-0.2, 0) is 10.2 Å². The van der Waals surface area contributed by atoms with E-state index in [4.69, 9.17) is 17.3 Å². The van der Waals surface area contributed by atoms with Gasteiger partial charge in [-0.05, 0) is 24.6 Å². The number of halogens is 2. The summed E-state index contributed by atoms with van der Waals surface area (Å²) in [5, 5.41) is -0.128. The second kappa shape index (κ2) is 3.16. The Morgan fingerprint density at radius 1 is 1.46 bits per heavy atom. The van der Waals surface area contributed by atoms with Crippen LogP contribution in [0.4, 0.5) is 9.57 Å². The number of nitrogen functional groups attached to an aromatic ring is 1. The van der Waals surface area contributed by atoms with Gasteiger partial charge in [0, 0.05) is 5.69 Å². The van der Waals surface area contributed by atoms with Crippen molar-refractivity contribution in [3.8, 4) is 0 Å². The third-order valence-corrected chi connectivity index (χ3v) is 2.97. The summed E-state index contributed by atoms with van der Waals surface area (Å²) in [6.45, 7) is 1.55. The van der Waals surface area contributed by atoms with Gasteiger partial charge in [0.2, 0.25) is 0 Å². The zero-order chi connectivity index (χ0) is 10.2. The van der Waals surface area contributed by atoms with Crippen LogP contribution in [0.5, 0.6) is 0 Å². The fraction of sp³-hybridized carbons (Fsp3) is 0.143. The highest BCUT2D eigenvalue weighted by Gasteiger charge is 2.18. The van der Waals surface area contributed by atoms with Gasteiger partial charge in [-0.3, -0.25) is 0 Å². The first-order valence-electron chi connectivity index (χ1n) is 3.32. The molecular formula is C7H7ClFNO2S. The Hall–Kier alpha value is -0.810. The molecule has 3 nitrogen and oxygen atoms in total. The smallest absolute Gasteiger partial charge is 0.333 e. The van der Waals surface area contributed by atoms with E-state index in [1.807, 2.05) is 0 Å². The summed E-state index contributed by atoms with van der Waals surface area (Å²) in [5.41, 5.74) is 5.93. The van der Waals surface area contributed by atoms with Crippen molar-refractivity contribution >= 4 is 27.5 Å². The lowest BCUT2D eigenvalue weighted by atomic mass is 10.2. The van der Waals surface area contributed by atoms with Gasteiger partial charge >= 0.3 is 10.2 Å². The van der Waals surface area contributed by atoms with Gasteiger partial charge < -0.3 is 5.73 Å². The van der Waals surface area contributed by atoms with E-state index in [1.165, 1.54) is 6.07 Å². The van der Waals surface area contributed by atoms with Gasteiger partial charge in [-0.2, -0.15) is 8.42 Å². The zero-order valence-electron chi connectivity index (χ0n) is 6.71. The van der Waals surface area contributed by atoms with Crippen LogP contribution < -0.4 is 5.73 Å². The van der Waals surface area contributed by atoms with Crippen LogP contribution in [0.25, 0.3) is 0 Å². The van der Waals surface area contributed by atoms with E-state index in [0.29, 0.717) is 5.56 Å². The first kappa shape index (κ1) is 10.3. The molecule has 2 N–H and O–H groups in total. The predicted octanol–water partition coefficient (Wildman–Crippen LogP) is 1.89. The van der Waals surface area contributed by atoms with Gasteiger partial charge in [0.05, 0.1) is 5.02 Å². The van der Waals surface area contributed by atoms with Gasteiger partial charge in [0.1, 0.15) is 4.90 Å². The highest BCUT2D eigenvalue weighted by atomic mass is 35.5. The molecule has 0 radical (unpaired) electrons. The standard InChI is InChI=1S/C7H7ClFNO2S/c1-4-2-5(10)3-6(7(4)8)13(9,11)12/h2-3H,10H2,1H3. The fourth-order valence-electron chi connectivity index (χ4n) is 0.942. The van der Waals surface area contributed by atoms with Gasteiger partial charge in [-0.1, -0.05) is 11.6 Å². The Labute approximate surface area is 80.5 Å². The van der Waals surface area contributed by atoms with Crippen LogP contribution >= 0.6 is 11.6 Å². The van der Waals surface area contributed by atoms with Crippen LogP contribution in [0.2, 0.25) is 5.02 Å². The van der Waals surface area contributed by atoms with Crippen LogP contribution in [0.15, 0.2) is 17.0 Å². The van der Waals surface area contributed by atoms with Crippen molar-refractivity contribution < 1.29 is 12.3 Å². The SMILES string of the molecule is Cc1cc(N)cc(S(=O)(=O)F)c1Cl. The van der Waals surface area contributed by atoms with Crippen molar-refractivity contribution in [1.82, 2.24) is 0 Å². The Morgan fingerprint density at radius 3 is 2.46 bits per heavy atom. The Morgan fingerprint density at radius 2 is 2.00 bits per heavy atom. The number of benzene rings is 1. The van der Waals surface area contributed by atoms with Gasteiger partial charge in [0.15, 0.2) is 0 Å². The molecule has 0 spiro atoms. The van der Waals surface area contributed by atoms with Crippen LogP contribution in [0.1, 0.15) is 5.56 Å². The van der Waals surface area contributed by atoms with Crippen molar-refractivity contribution in [2.45, 2.75) is 11.8 Å². The minimum atomic E-state index is -4.79. The Balaban J connectivity index is 3.56. The molecule has 0 atom stereocenters. The summed E-state index contributed by atoms with van der Waals surface area (Å²) in [6, 6.07) is 2.46. The second-order valence-electron chi connectivity index (χ2n) is 2.59. The molecule has 13 heavy (non-hydrogen) atoms. The zero-order valence-corrected chi connectivity index (χ0v) is 8.29. The van der Waals surface area contributed by atoms with Crippen molar-refractivity contribution in [2.24, 2.45) is 0 Å². The minimum absolute atomic E-state index is 0.128. The van der Waals surface area contributed by atoms with Crippen molar-refractivity contribution in [3.63, 3.8) is 0 Å². The van der Waals surface area contributed by atoms with Crippen molar-refractivity contribution in [1.29, 1.82) is 0 Å². The number of rotatable bonds is 1. The minimum Gasteiger partial charge on any atom is -0.399 e. The number of anilines is 1. The first-order valence-corrected chi connectivity index (χ1v) is 5.09. The van der Waals surface area contributed by atoms with Gasteiger partial charge in [-0.15, -0.1) is 3.89 Å². The quantitative estimate of drug-likeness (QED) is 0.584. The lowest BCUT2D eigenvalue weighted by Gasteiger charge is -2.03. The number of hydrogen-bond acceptors (Lipinski definition) is 3. The van der Waals surface area contributed by atoms with E-state index in [9.17, 15) is 12.3 Å². The molecular weight excluding hydrogens is 217 g/mol. The molecule has 0 aliphatic carbocycles. The molecule has 0 unspecified atom stereocenters. The molecule has 0 fully saturated rings. The normalized spacial score (nSPS) is 11.6. The molecule has 1 rings (SSSR count). The molecule has 0 bridgehead atoms. The summed E-state index contributed by atoms with van der Waals surface area (Å²) < 4.78 is 33.7.